The van der Waals surface area contributed by atoms with E-state index in [-0.39, 0.29) is 5.82 Å². The molecule has 0 atom stereocenters. The molecule has 0 unspecified atom stereocenters. The Kier molecular flexibility index (Phi) is 3.07. The van der Waals surface area contributed by atoms with Crippen molar-refractivity contribution in [2.45, 2.75) is 6.18 Å². The summed E-state index contributed by atoms with van der Waals surface area (Å²) in [6, 6.07) is 0. The van der Waals surface area contributed by atoms with Crippen LogP contribution in [0.2, 0.25) is 0 Å². The summed E-state index contributed by atoms with van der Waals surface area (Å²) in [5.74, 6) is 0.132. The molecule has 0 amide bonds. The van der Waals surface area contributed by atoms with Crippen LogP contribution >= 0.6 is 15.9 Å². The molecule has 1 heterocycles. The first kappa shape index (κ1) is 10.2. The maximum Gasteiger partial charge on any atom is 0.405 e. The van der Waals surface area contributed by atoms with Crippen molar-refractivity contribution < 1.29 is 13.2 Å². The number of nitrogens with one attached hydrogen (secondary N) is 1. The summed E-state index contributed by atoms with van der Waals surface area (Å²) < 4.78 is 35.7. The van der Waals surface area contributed by atoms with Gasteiger partial charge in [0.05, 0.1) is 4.47 Å². The van der Waals surface area contributed by atoms with Gasteiger partial charge in [-0.05, 0) is 15.9 Å². The van der Waals surface area contributed by atoms with Crippen molar-refractivity contribution in [3.05, 3.63) is 17.0 Å². The SMILES string of the molecule is FC(F)(F)CNc1ncncc1Br. The minimum absolute atomic E-state index is 0.132. The fourth-order valence-corrected chi connectivity index (χ4v) is 0.987. The van der Waals surface area contributed by atoms with Crippen LogP contribution in [0, 0.1) is 0 Å². The Bertz CT molecular complexity index is 289. The predicted molar refractivity (Wildman–Crippen MR) is 44.3 cm³/mol. The third-order valence-electron chi connectivity index (χ3n) is 1.12. The number of nitrogens with zero attached hydrogens (tertiary/aromatic N) is 2. The van der Waals surface area contributed by atoms with Gasteiger partial charge >= 0.3 is 6.18 Å². The first-order chi connectivity index (χ1) is 5.99. The highest BCUT2D eigenvalue weighted by Gasteiger charge is 2.27. The molecule has 0 aromatic carbocycles. The van der Waals surface area contributed by atoms with Gasteiger partial charge in [0, 0.05) is 6.20 Å². The Morgan fingerprint density at radius 2 is 2.15 bits per heavy atom. The molecule has 72 valence electrons. The van der Waals surface area contributed by atoms with Crippen LogP contribution in [-0.2, 0) is 0 Å². The van der Waals surface area contributed by atoms with Gasteiger partial charge in [-0.2, -0.15) is 13.2 Å². The molecular weight excluding hydrogens is 251 g/mol. The Labute approximate surface area is 80.5 Å². The molecule has 0 fully saturated rings. The van der Waals surface area contributed by atoms with Gasteiger partial charge in [0.25, 0.3) is 0 Å². The van der Waals surface area contributed by atoms with E-state index in [4.69, 9.17) is 0 Å². The highest BCUT2D eigenvalue weighted by atomic mass is 79.9. The number of aromatic nitrogens is 2. The second kappa shape index (κ2) is 3.91. The van der Waals surface area contributed by atoms with Gasteiger partial charge in [0.1, 0.15) is 18.7 Å². The fraction of sp³-hybridized carbons (Fsp3) is 0.333. The van der Waals surface area contributed by atoms with Crippen LogP contribution in [0.1, 0.15) is 0 Å². The zero-order valence-corrected chi connectivity index (χ0v) is 7.85. The molecule has 1 rings (SSSR count). The molecule has 0 bridgehead atoms. The summed E-state index contributed by atoms with van der Waals surface area (Å²) in [5, 5.41) is 2.13. The van der Waals surface area contributed by atoms with Crippen LogP contribution in [0.4, 0.5) is 19.0 Å². The fourth-order valence-electron chi connectivity index (χ4n) is 0.627. The molecule has 0 aliphatic heterocycles. The molecule has 0 aliphatic rings. The molecule has 0 saturated heterocycles. The molecule has 7 heteroatoms. The minimum atomic E-state index is -4.25. The summed E-state index contributed by atoms with van der Waals surface area (Å²) in [6.45, 7) is -1.11. The lowest BCUT2D eigenvalue weighted by atomic mass is 10.5. The second-order valence-electron chi connectivity index (χ2n) is 2.19. The lowest BCUT2D eigenvalue weighted by Gasteiger charge is -2.08. The number of hydrogen-bond donors (Lipinski definition) is 1. The predicted octanol–water partition coefficient (Wildman–Crippen LogP) is 2.21. The highest BCUT2D eigenvalue weighted by Crippen LogP contribution is 2.20. The average Bonchev–Trinajstić information content (AvgIpc) is 2.01. The van der Waals surface area contributed by atoms with Gasteiger partial charge in [-0.1, -0.05) is 0 Å². The van der Waals surface area contributed by atoms with Gasteiger partial charge < -0.3 is 5.32 Å². The zero-order chi connectivity index (χ0) is 9.90. The van der Waals surface area contributed by atoms with E-state index in [0.29, 0.717) is 4.47 Å². The molecule has 0 spiro atoms. The van der Waals surface area contributed by atoms with Crippen LogP contribution in [0.15, 0.2) is 17.0 Å². The Balaban J connectivity index is 2.60. The maximum atomic E-state index is 11.8. The molecule has 1 aromatic heterocycles. The molecule has 13 heavy (non-hydrogen) atoms. The smallest absolute Gasteiger partial charge is 0.360 e. The third kappa shape index (κ3) is 3.58. The van der Waals surface area contributed by atoms with E-state index in [1.54, 1.807) is 0 Å². The van der Waals surface area contributed by atoms with Crippen LogP contribution in [0.5, 0.6) is 0 Å². The van der Waals surface area contributed by atoms with Crippen molar-refractivity contribution in [2.24, 2.45) is 0 Å². The molecule has 1 aromatic rings. The number of hydrogen-bond acceptors (Lipinski definition) is 3. The number of halogens is 4. The van der Waals surface area contributed by atoms with E-state index in [1.165, 1.54) is 12.5 Å². The lowest BCUT2D eigenvalue weighted by molar-refractivity contribution is -0.115. The van der Waals surface area contributed by atoms with Gasteiger partial charge in [0.2, 0.25) is 0 Å². The van der Waals surface area contributed by atoms with Gasteiger partial charge in [-0.15, -0.1) is 0 Å². The monoisotopic (exact) mass is 255 g/mol. The quantitative estimate of drug-likeness (QED) is 0.881. The summed E-state index contributed by atoms with van der Waals surface area (Å²) in [4.78, 5) is 7.22. The first-order valence-electron chi connectivity index (χ1n) is 3.25. The van der Waals surface area contributed by atoms with Gasteiger partial charge in [-0.3, -0.25) is 0 Å². The van der Waals surface area contributed by atoms with Gasteiger partial charge in [0.15, 0.2) is 0 Å². The Hall–Kier alpha value is -0.850. The molecule has 0 saturated carbocycles. The molecular formula is C6H5BrF3N3. The first-order valence-corrected chi connectivity index (χ1v) is 4.04. The number of rotatable bonds is 2. The normalized spacial score (nSPS) is 11.4. The molecule has 1 N–H and O–H groups in total. The van der Waals surface area contributed by atoms with Crippen LogP contribution < -0.4 is 5.32 Å². The largest absolute Gasteiger partial charge is 0.405 e. The topological polar surface area (TPSA) is 37.8 Å². The summed E-state index contributed by atoms with van der Waals surface area (Å²) in [5.41, 5.74) is 0. The van der Waals surface area contributed by atoms with E-state index in [9.17, 15) is 13.2 Å². The van der Waals surface area contributed by atoms with E-state index in [2.05, 4.69) is 31.2 Å². The summed E-state index contributed by atoms with van der Waals surface area (Å²) >= 11 is 3.01. The average molecular weight is 256 g/mol. The van der Waals surface area contributed by atoms with Crippen LogP contribution in [0.3, 0.4) is 0 Å². The van der Waals surface area contributed by atoms with E-state index in [0.717, 1.165) is 0 Å². The van der Waals surface area contributed by atoms with Crippen molar-refractivity contribution in [3.8, 4) is 0 Å². The van der Waals surface area contributed by atoms with Crippen LogP contribution in [0.25, 0.3) is 0 Å². The number of alkyl halides is 3. The minimum Gasteiger partial charge on any atom is -0.360 e. The zero-order valence-electron chi connectivity index (χ0n) is 6.27. The summed E-state index contributed by atoms with van der Waals surface area (Å²) in [6.07, 6.45) is -1.71. The maximum absolute atomic E-state index is 11.8. The molecule has 0 aliphatic carbocycles. The molecule has 3 nitrogen and oxygen atoms in total. The van der Waals surface area contributed by atoms with Crippen molar-refractivity contribution in [3.63, 3.8) is 0 Å². The highest BCUT2D eigenvalue weighted by molar-refractivity contribution is 9.10. The summed E-state index contributed by atoms with van der Waals surface area (Å²) in [7, 11) is 0. The number of anilines is 1. The standard InChI is InChI=1S/C6H5BrF3N3/c7-4-1-11-3-13-5(4)12-2-6(8,9)10/h1,3H,2H2,(H,11,12,13). The van der Waals surface area contributed by atoms with Crippen molar-refractivity contribution >= 4 is 21.7 Å². The van der Waals surface area contributed by atoms with Crippen molar-refractivity contribution in [1.82, 2.24) is 9.97 Å². The van der Waals surface area contributed by atoms with E-state index >= 15 is 0 Å². The third-order valence-corrected chi connectivity index (χ3v) is 1.70. The van der Waals surface area contributed by atoms with Gasteiger partial charge in [-0.25, -0.2) is 9.97 Å². The molecule has 0 radical (unpaired) electrons. The second-order valence-corrected chi connectivity index (χ2v) is 3.04. The van der Waals surface area contributed by atoms with Crippen molar-refractivity contribution in [2.75, 3.05) is 11.9 Å². The van der Waals surface area contributed by atoms with E-state index in [1.807, 2.05) is 0 Å². The lowest BCUT2D eigenvalue weighted by Crippen LogP contribution is -2.21. The Morgan fingerprint density at radius 1 is 1.46 bits per heavy atom. The Morgan fingerprint density at radius 3 is 2.69 bits per heavy atom. The van der Waals surface area contributed by atoms with Crippen molar-refractivity contribution in [1.29, 1.82) is 0 Å². The van der Waals surface area contributed by atoms with Crippen LogP contribution in [-0.4, -0.2) is 22.7 Å². The van der Waals surface area contributed by atoms with E-state index < -0.39 is 12.7 Å².